The van der Waals surface area contributed by atoms with E-state index < -0.39 is 0 Å². The number of rotatable bonds is 8. The maximum atomic E-state index is 12.2. The van der Waals surface area contributed by atoms with Crippen LogP contribution in [0.25, 0.3) is 10.9 Å². The second-order valence-corrected chi connectivity index (χ2v) is 7.29. The number of amides is 1. The molecule has 0 saturated heterocycles. The van der Waals surface area contributed by atoms with Crippen molar-refractivity contribution >= 4 is 28.1 Å². The van der Waals surface area contributed by atoms with Crippen LogP contribution in [-0.2, 0) is 24.2 Å². The highest BCUT2D eigenvalue weighted by molar-refractivity contribution is 7.09. The fraction of sp³-hybridized carbons (Fsp3) is 0.190. The molecule has 1 amide bonds. The number of fused-ring (bicyclic) bond motifs is 1. The summed E-state index contributed by atoms with van der Waals surface area (Å²) in [4.78, 5) is 23.9. The van der Waals surface area contributed by atoms with E-state index in [0.29, 0.717) is 18.9 Å². The lowest BCUT2D eigenvalue weighted by Crippen LogP contribution is -2.27. The molecule has 1 aromatic carbocycles. The van der Waals surface area contributed by atoms with Crippen molar-refractivity contribution in [2.24, 2.45) is 0 Å². The van der Waals surface area contributed by atoms with Crippen LogP contribution in [0.3, 0.4) is 0 Å². The van der Waals surface area contributed by atoms with Gasteiger partial charge in [0.15, 0.2) is 0 Å². The molecule has 28 heavy (non-hydrogen) atoms. The van der Waals surface area contributed by atoms with Crippen molar-refractivity contribution < 1.29 is 9.53 Å². The maximum Gasteiger partial charge on any atom is 0.226 e. The van der Waals surface area contributed by atoms with E-state index in [1.807, 2.05) is 35.8 Å². The van der Waals surface area contributed by atoms with Crippen LogP contribution in [0.15, 0.2) is 60.4 Å². The minimum absolute atomic E-state index is 0.0233. The number of thiazole rings is 1. The van der Waals surface area contributed by atoms with Crippen LogP contribution in [-0.4, -0.2) is 27.4 Å². The summed E-state index contributed by atoms with van der Waals surface area (Å²) in [6.45, 7) is 0.973. The average Bonchev–Trinajstić information content (AvgIpc) is 3.34. The van der Waals surface area contributed by atoms with Gasteiger partial charge in [-0.25, -0.2) is 4.98 Å². The van der Waals surface area contributed by atoms with Gasteiger partial charge in [-0.1, -0.05) is 18.2 Å². The molecule has 142 valence electrons. The molecule has 3 heterocycles. The van der Waals surface area contributed by atoms with Gasteiger partial charge in [0.2, 0.25) is 5.91 Å². The number of pyridine rings is 1. The first-order valence-electron chi connectivity index (χ1n) is 9.06. The van der Waals surface area contributed by atoms with Gasteiger partial charge in [-0.15, -0.1) is 11.3 Å². The Balaban J connectivity index is 1.23. The highest BCUT2D eigenvalue weighted by Gasteiger charge is 2.09. The summed E-state index contributed by atoms with van der Waals surface area (Å²) < 4.78 is 5.63. The first-order chi connectivity index (χ1) is 13.8. The topological polar surface area (TPSA) is 79.9 Å². The van der Waals surface area contributed by atoms with E-state index in [1.54, 1.807) is 12.4 Å². The minimum atomic E-state index is -0.0233. The Hall–Kier alpha value is -3.19. The van der Waals surface area contributed by atoms with Crippen molar-refractivity contribution in [1.82, 2.24) is 20.3 Å². The zero-order valence-corrected chi connectivity index (χ0v) is 16.0. The molecule has 2 N–H and O–H groups in total. The zero-order valence-electron chi connectivity index (χ0n) is 15.2. The smallest absolute Gasteiger partial charge is 0.226 e. The molecule has 4 aromatic rings. The number of hydrogen-bond acceptors (Lipinski definition) is 5. The molecule has 3 aromatic heterocycles. The molecule has 0 aliphatic carbocycles. The third-order valence-corrected chi connectivity index (χ3v) is 5.20. The molecule has 0 radical (unpaired) electrons. The average molecular weight is 392 g/mol. The molecule has 6 nitrogen and oxygen atoms in total. The first-order valence-corrected chi connectivity index (χ1v) is 9.94. The fourth-order valence-electron chi connectivity index (χ4n) is 2.98. The van der Waals surface area contributed by atoms with Crippen molar-refractivity contribution in [2.45, 2.75) is 19.4 Å². The number of carbonyl (C=O) groups is 1. The lowest BCUT2D eigenvalue weighted by Gasteiger charge is -2.04. The van der Waals surface area contributed by atoms with Crippen LogP contribution >= 0.6 is 11.3 Å². The standard InChI is InChI=1S/C21H20N4O2S/c26-20(23-9-7-15-11-24-19-6-2-1-5-18(15)19)10-16-14-28-21(25-16)13-27-17-4-3-8-22-12-17/h1-6,8,11-12,14,24H,7,9-10,13H2,(H,23,26). The van der Waals surface area contributed by atoms with Crippen molar-refractivity contribution in [3.05, 3.63) is 76.6 Å². The van der Waals surface area contributed by atoms with Crippen LogP contribution in [0.1, 0.15) is 16.3 Å². The van der Waals surface area contributed by atoms with Gasteiger partial charge >= 0.3 is 0 Å². The van der Waals surface area contributed by atoms with E-state index in [1.165, 1.54) is 22.3 Å². The Labute approximate surface area is 166 Å². The predicted molar refractivity (Wildman–Crippen MR) is 109 cm³/mol. The summed E-state index contributed by atoms with van der Waals surface area (Å²) in [6.07, 6.45) is 6.43. The Morgan fingerprint density at radius 3 is 3.04 bits per heavy atom. The number of carbonyl (C=O) groups excluding carboxylic acids is 1. The Bertz CT molecular complexity index is 1060. The molecule has 0 spiro atoms. The summed E-state index contributed by atoms with van der Waals surface area (Å²) in [5.74, 6) is 0.680. The number of para-hydroxylation sites is 1. The molecular weight excluding hydrogens is 372 g/mol. The molecule has 0 aliphatic rings. The van der Waals surface area contributed by atoms with Gasteiger partial charge in [-0.3, -0.25) is 9.78 Å². The van der Waals surface area contributed by atoms with Gasteiger partial charge in [-0.05, 0) is 30.2 Å². The van der Waals surface area contributed by atoms with Gasteiger partial charge in [0.05, 0.1) is 18.3 Å². The Kier molecular flexibility index (Phi) is 5.63. The number of hydrogen-bond donors (Lipinski definition) is 2. The third-order valence-electron chi connectivity index (χ3n) is 4.33. The van der Waals surface area contributed by atoms with E-state index in [-0.39, 0.29) is 12.3 Å². The van der Waals surface area contributed by atoms with Gasteiger partial charge < -0.3 is 15.0 Å². The van der Waals surface area contributed by atoms with E-state index >= 15 is 0 Å². The van der Waals surface area contributed by atoms with E-state index in [4.69, 9.17) is 4.74 Å². The summed E-state index contributed by atoms with van der Waals surface area (Å²) in [5.41, 5.74) is 3.09. The van der Waals surface area contributed by atoms with Crippen molar-refractivity contribution in [1.29, 1.82) is 0 Å². The van der Waals surface area contributed by atoms with Crippen LogP contribution in [0.2, 0.25) is 0 Å². The second kappa shape index (κ2) is 8.67. The largest absolute Gasteiger partial charge is 0.485 e. The van der Waals surface area contributed by atoms with Crippen molar-refractivity contribution in [3.8, 4) is 5.75 Å². The SMILES string of the molecule is O=C(Cc1csc(COc2cccnc2)n1)NCCc1c[nH]c2ccccc12. The number of nitrogens with one attached hydrogen (secondary N) is 2. The lowest BCUT2D eigenvalue weighted by molar-refractivity contribution is -0.120. The van der Waals surface area contributed by atoms with Crippen molar-refractivity contribution in [2.75, 3.05) is 6.54 Å². The summed E-state index contributed by atoms with van der Waals surface area (Å²) in [6, 6.07) is 11.8. The summed E-state index contributed by atoms with van der Waals surface area (Å²) >= 11 is 1.49. The van der Waals surface area contributed by atoms with Crippen LogP contribution < -0.4 is 10.1 Å². The molecule has 4 rings (SSSR count). The number of aromatic amines is 1. The zero-order chi connectivity index (χ0) is 19.2. The van der Waals surface area contributed by atoms with Gasteiger partial charge in [0.25, 0.3) is 0 Å². The number of nitrogens with zero attached hydrogens (tertiary/aromatic N) is 2. The molecule has 0 fully saturated rings. The normalized spacial score (nSPS) is 10.9. The van der Waals surface area contributed by atoms with Crippen LogP contribution in [0.4, 0.5) is 0 Å². The second-order valence-electron chi connectivity index (χ2n) is 6.35. The molecule has 0 unspecified atom stereocenters. The quantitative estimate of drug-likeness (QED) is 0.481. The van der Waals surface area contributed by atoms with Crippen molar-refractivity contribution in [3.63, 3.8) is 0 Å². The third kappa shape index (κ3) is 4.55. The number of H-pyrrole nitrogens is 1. The highest BCUT2D eigenvalue weighted by Crippen LogP contribution is 2.18. The Morgan fingerprint density at radius 2 is 2.14 bits per heavy atom. The maximum absolute atomic E-state index is 12.2. The molecular formula is C21H20N4O2S. The Morgan fingerprint density at radius 1 is 1.21 bits per heavy atom. The molecule has 7 heteroatoms. The molecule has 0 bridgehead atoms. The van der Waals surface area contributed by atoms with Gasteiger partial charge in [0.1, 0.15) is 17.4 Å². The number of aromatic nitrogens is 3. The van der Waals surface area contributed by atoms with Gasteiger partial charge in [0, 0.05) is 35.2 Å². The first kappa shape index (κ1) is 18.2. The summed E-state index contributed by atoms with van der Waals surface area (Å²) in [5, 5.41) is 6.92. The molecule has 0 aliphatic heterocycles. The van der Waals surface area contributed by atoms with Crippen LogP contribution in [0, 0.1) is 0 Å². The molecule has 0 saturated carbocycles. The lowest BCUT2D eigenvalue weighted by atomic mass is 10.1. The van der Waals surface area contributed by atoms with E-state index in [2.05, 4.69) is 32.4 Å². The highest BCUT2D eigenvalue weighted by atomic mass is 32.1. The molecule has 0 atom stereocenters. The number of benzene rings is 1. The summed E-state index contributed by atoms with van der Waals surface area (Å²) in [7, 11) is 0. The number of ether oxygens (including phenoxy) is 1. The predicted octanol–water partition coefficient (Wildman–Crippen LogP) is 3.50. The fourth-order valence-corrected chi connectivity index (χ4v) is 3.68. The minimum Gasteiger partial charge on any atom is -0.485 e. The van der Waals surface area contributed by atoms with E-state index in [0.717, 1.165) is 22.6 Å². The van der Waals surface area contributed by atoms with Gasteiger partial charge in [-0.2, -0.15) is 0 Å². The van der Waals surface area contributed by atoms with Crippen LogP contribution in [0.5, 0.6) is 5.75 Å². The monoisotopic (exact) mass is 392 g/mol. The van der Waals surface area contributed by atoms with E-state index in [9.17, 15) is 4.79 Å².